The molecule has 0 aliphatic rings. The lowest BCUT2D eigenvalue weighted by Crippen LogP contribution is -2.41. The van der Waals surface area contributed by atoms with E-state index in [1.54, 1.807) is 6.08 Å². The zero-order valence-electron chi connectivity index (χ0n) is 8.56. The highest BCUT2D eigenvalue weighted by Crippen LogP contribution is 2.17. The second-order valence-electron chi connectivity index (χ2n) is 3.23. The molecule has 76 valence electrons. The van der Waals surface area contributed by atoms with Gasteiger partial charge in [0, 0.05) is 6.54 Å². The van der Waals surface area contributed by atoms with Crippen molar-refractivity contribution in [2.75, 3.05) is 6.54 Å². The molecule has 2 nitrogen and oxygen atoms in total. The highest BCUT2D eigenvalue weighted by molar-refractivity contribution is 5.84. The quantitative estimate of drug-likeness (QED) is 0.657. The topological polar surface area (TPSA) is 29.1 Å². The average Bonchev–Trinajstić information content (AvgIpc) is 2.04. The molecule has 1 N–H and O–H groups in total. The maximum atomic E-state index is 13.5. The number of carbonyl (C=O) groups excluding carboxylic acids is 1. The van der Waals surface area contributed by atoms with Crippen LogP contribution in [0.1, 0.15) is 33.6 Å². The molecule has 0 rings (SSSR count). The summed E-state index contributed by atoms with van der Waals surface area (Å²) < 4.78 is 13.5. The van der Waals surface area contributed by atoms with E-state index in [2.05, 4.69) is 5.32 Å². The first kappa shape index (κ1) is 12.1. The number of nitrogens with one attached hydrogen (secondary N) is 1. The van der Waals surface area contributed by atoms with Crippen molar-refractivity contribution in [3.05, 3.63) is 12.2 Å². The SMILES string of the molecule is C/C=C/CNC(=O)C(C)(F)CCC. The molecule has 0 aromatic heterocycles. The highest BCUT2D eigenvalue weighted by atomic mass is 19.1. The molecule has 0 spiro atoms. The van der Waals surface area contributed by atoms with Gasteiger partial charge in [-0.1, -0.05) is 25.5 Å². The Morgan fingerprint density at radius 1 is 1.62 bits per heavy atom. The van der Waals surface area contributed by atoms with Gasteiger partial charge in [-0.05, 0) is 20.3 Å². The third-order valence-electron chi connectivity index (χ3n) is 1.81. The predicted molar refractivity (Wildman–Crippen MR) is 52.2 cm³/mol. The summed E-state index contributed by atoms with van der Waals surface area (Å²) in [6.07, 6.45) is 4.54. The number of allylic oxidation sites excluding steroid dienone is 1. The molecule has 1 amide bonds. The standard InChI is InChI=1S/C10H18FNO/c1-4-6-8-12-9(13)10(3,11)7-5-2/h4,6H,5,7-8H2,1-3H3,(H,12,13)/b6-4+. The van der Waals surface area contributed by atoms with Crippen LogP contribution in [-0.2, 0) is 4.79 Å². The van der Waals surface area contributed by atoms with Gasteiger partial charge in [0.15, 0.2) is 5.67 Å². The van der Waals surface area contributed by atoms with Crippen LogP contribution in [0.5, 0.6) is 0 Å². The first-order chi connectivity index (χ1) is 6.04. The first-order valence-corrected chi connectivity index (χ1v) is 4.63. The lowest BCUT2D eigenvalue weighted by molar-refractivity contribution is -0.132. The van der Waals surface area contributed by atoms with Crippen LogP contribution in [0.4, 0.5) is 4.39 Å². The minimum Gasteiger partial charge on any atom is -0.350 e. The zero-order valence-corrected chi connectivity index (χ0v) is 8.56. The Morgan fingerprint density at radius 2 is 2.23 bits per heavy atom. The van der Waals surface area contributed by atoms with E-state index >= 15 is 0 Å². The normalized spacial score (nSPS) is 15.7. The Morgan fingerprint density at radius 3 is 2.69 bits per heavy atom. The summed E-state index contributed by atoms with van der Waals surface area (Å²) in [5.41, 5.74) is -1.73. The van der Waals surface area contributed by atoms with Gasteiger partial charge in [-0.2, -0.15) is 0 Å². The lowest BCUT2D eigenvalue weighted by Gasteiger charge is -2.17. The van der Waals surface area contributed by atoms with E-state index in [4.69, 9.17) is 0 Å². The molecule has 3 heteroatoms. The Balaban J connectivity index is 3.93. The summed E-state index contributed by atoms with van der Waals surface area (Å²) in [5.74, 6) is -0.521. The molecule has 0 aromatic rings. The van der Waals surface area contributed by atoms with E-state index in [1.165, 1.54) is 6.92 Å². The molecule has 0 aliphatic heterocycles. The number of rotatable bonds is 5. The van der Waals surface area contributed by atoms with Crippen molar-refractivity contribution < 1.29 is 9.18 Å². The fourth-order valence-corrected chi connectivity index (χ4v) is 1.04. The molecule has 0 fully saturated rings. The summed E-state index contributed by atoms with van der Waals surface area (Å²) in [7, 11) is 0. The maximum absolute atomic E-state index is 13.5. The van der Waals surface area contributed by atoms with Gasteiger partial charge in [0.05, 0.1) is 0 Å². The minimum atomic E-state index is -1.73. The van der Waals surface area contributed by atoms with Crippen LogP contribution in [0.3, 0.4) is 0 Å². The van der Waals surface area contributed by atoms with Crippen molar-refractivity contribution in [1.82, 2.24) is 5.32 Å². The Kier molecular flexibility index (Phi) is 5.35. The van der Waals surface area contributed by atoms with E-state index < -0.39 is 11.6 Å². The Labute approximate surface area is 79.2 Å². The van der Waals surface area contributed by atoms with Gasteiger partial charge in [0.2, 0.25) is 0 Å². The maximum Gasteiger partial charge on any atom is 0.257 e. The van der Waals surface area contributed by atoms with Gasteiger partial charge in [-0.3, -0.25) is 4.79 Å². The van der Waals surface area contributed by atoms with Gasteiger partial charge >= 0.3 is 0 Å². The van der Waals surface area contributed by atoms with E-state index in [0.29, 0.717) is 13.0 Å². The smallest absolute Gasteiger partial charge is 0.257 e. The number of amides is 1. The molecule has 13 heavy (non-hydrogen) atoms. The van der Waals surface area contributed by atoms with Crippen molar-refractivity contribution in [1.29, 1.82) is 0 Å². The van der Waals surface area contributed by atoms with Gasteiger partial charge in [-0.15, -0.1) is 0 Å². The highest BCUT2D eigenvalue weighted by Gasteiger charge is 2.30. The van der Waals surface area contributed by atoms with Crippen molar-refractivity contribution >= 4 is 5.91 Å². The van der Waals surface area contributed by atoms with Crippen LogP contribution in [0, 0.1) is 0 Å². The van der Waals surface area contributed by atoms with Crippen LogP contribution in [0.25, 0.3) is 0 Å². The second-order valence-corrected chi connectivity index (χ2v) is 3.23. The minimum absolute atomic E-state index is 0.272. The monoisotopic (exact) mass is 187 g/mol. The molecule has 0 heterocycles. The summed E-state index contributed by atoms with van der Waals surface area (Å²) in [4.78, 5) is 11.2. The van der Waals surface area contributed by atoms with Crippen molar-refractivity contribution in [3.8, 4) is 0 Å². The van der Waals surface area contributed by atoms with Crippen molar-refractivity contribution in [2.24, 2.45) is 0 Å². The molecule has 1 atom stereocenters. The Hall–Kier alpha value is -0.860. The van der Waals surface area contributed by atoms with Gasteiger partial charge < -0.3 is 5.32 Å². The number of hydrogen-bond donors (Lipinski definition) is 1. The van der Waals surface area contributed by atoms with E-state index in [1.807, 2.05) is 19.9 Å². The van der Waals surface area contributed by atoms with Crippen LogP contribution >= 0.6 is 0 Å². The van der Waals surface area contributed by atoms with Gasteiger partial charge in [0.25, 0.3) is 5.91 Å². The van der Waals surface area contributed by atoms with Gasteiger partial charge in [0.1, 0.15) is 0 Å². The van der Waals surface area contributed by atoms with Crippen molar-refractivity contribution in [2.45, 2.75) is 39.3 Å². The average molecular weight is 187 g/mol. The number of alkyl halides is 1. The molecule has 0 bridgehead atoms. The summed E-state index contributed by atoms with van der Waals surface area (Å²) in [5, 5.41) is 2.51. The molecule has 0 radical (unpaired) electrons. The fraction of sp³-hybridized carbons (Fsp3) is 0.700. The lowest BCUT2D eigenvalue weighted by atomic mass is 10.0. The van der Waals surface area contributed by atoms with Crippen LogP contribution in [0.15, 0.2) is 12.2 Å². The number of hydrogen-bond acceptors (Lipinski definition) is 1. The van der Waals surface area contributed by atoms with Crippen molar-refractivity contribution in [3.63, 3.8) is 0 Å². The molecule has 1 unspecified atom stereocenters. The molecule has 0 aromatic carbocycles. The van der Waals surface area contributed by atoms with Crippen LogP contribution < -0.4 is 5.32 Å². The molecule has 0 saturated heterocycles. The second kappa shape index (κ2) is 5.73. The summed E-state index contributed by atoms with van der Waals surface area (Å²) >= 11 is 0. The molecule has 0 aliphatic carbocycles. The largest absolute Gasteiger partial charge is 0.350 e. The molecule has 0 saturated carbocycles. The Bertz CT molecular complexity index is 187. The first-order valence-electron chi connectivity index (χ1n) is 4.63. The number of halogens is 1. The van der Waals surface area contributed by atoms with E-state index in [9.17, 15) is 9.18 Å². The van der Waals surface area contributed by atoms with E-state index in [0.717, 1.165) is 0 Å². The third kappa shape index (κ3) is 4.65. The third-order valence-corrected chi connectivity index (χ3v) is 1.81. The van der Waals surface area contributed by atoms with Crippen LogP contribution in [-0.4, -0.2) is 18.1 Å². The molecular weight excluding hydrogens is 169 g/mol. The number of carbonyl (C=O) groups is 1. The van der Waals surface area contributed by atoms with E-state index in [-0.39, 0.29) is 6.42 Å². The fourth-order valence-electron chi connectivity index (χ4n) is 1.04. The predicted octanol–water partition coefficient (Wildman–Crippen LogP) is 2.21. The van der Waals surface area contributed by atoms with Gasteiger partial charge in [-0.25, -0.2) is 4.39 Å². The molecular formula is C10H18FNO. The van der Waals surface area contributed by atoms with Crippen LogP contribution in [0.2, 0.25) is 0 Å². The zero-order chi connectivity index (χ0) is 10.3. The summed E-state index contributed by atoms with van der Waals surface area (Å²) in [6, 6.07) is 0. The summed E-state index contributed by atoms with van der Waals surface area (Å²) in [6.45, 7) is 5.43.